The van der Waals surface area contributed by atoms with E-state index in [-0.39, 0.29) is 11.7 Å². The first kappa shape index (κ1) is 13.6. The molecule has 0 atom stereocenters. The first-order valence-corrected chi connectivity index (χ1v) is 6.78. The molecule has 2 rings (SSSR count). The maximum atomic E-state index is 12.5. The second-order valence-corrected chi connectivity index (χ2v) is 4.90. The lowest BCUT2D eigenvalue weighted by Crippen LogP contribution is -2.30. The van der Waals surface area contributed by atoms with Gasteiger partial charge in [0, 0.05) is 22.8 Å². The molecule has 3 nitrogen and oxygen atoms in total. The van der Waals surface area contributed by atoms with Crippen LogP contribution in [-0.2, 0) is 0 Å². The van der Waals surface area contributed by atoms with E-state index in [2.05, 4.69) is 15.9 Å². The Morgan fingerprint density at radius 3 is 2.58 bits per heavy atom. The van der Waals surface area contributed by atoms with E-state index in [0.29, 0.717) is 17.8 Å². The van der Waals surface area contributed by atoms with Crippen LogP contribution < -0.4 is 4.90 Å². The lowest BCUT2D eigenvalue weighted by atomic mass is 10.2. The Bertz CT molecular complexity index is 598. The summed E-state index contributed by atoms with van der Waals surface area (Å²) in [7, 11) is 0. The van der Waals surface area contributed by atoms with Crippen LogP contribution in [0.4, 0.5) is 5.69 Å². The van der Waals surface area contributed by atoms with Crippen molar-refractivity contribution >= 4 is 27.5 Å². The Labute approximate surface area is 120 Å². The van der Waals surface area contributed by atoms with Crippen molar-refractivity contribution < 1.29 is 9.90 Å². The molecule has 1 amide bonds. The van der Waals surface area contributed by atoms with Crippen LogP contribution >= 0.6 is 15.9 Å². The van der Waals surface area contributed by atoms with E-state index in [1.807, 2.05) is 25.1 Å². The predicted octanol–water partition coefficient (Wildman–Crippen LogP) is 3.82. The highest BCUT2D eigenvalue weighted by Gasteiger charge is 2.18. The topological polar surface area (TPSA) is 40.5 Å². The maximum Gasteiger partial charge on any atom is 0.259 e. The number of carbonyl (C=O) groups excluding carboxylic acids is 1. The molecule has 2 aromatic carbocycles. The number of phenols is 1. The zero-order valence-corrected chi connectivity index (χ0v) is 12.1. The fraction of sp³-hybridized carbons (Fsp3) is 0.133. The molecule has 0 aromatic heterocycles. The number of nitrogens with zero attached hydrogens (tertiary/aromatic N) is 1. The maximum absolute atomic E-state index is 12.5. The summed E-state index contributed by atoms with van der Waals surface area (Å²) >= 11 is 3.38. The summed E-state index contributed by atoms with van der Waals surface area (Å²) in [5.41, 5.74) is 1.29. The number of hydrogen-bond acceptors (Lipinski definition) is 2. The molecule has 0 bridgehead atoms. The molecule has 0 heterocycles. The Balaban J connectivity index is 2.38. The van der Waals surface area contributed by atoms with Gasteiger partial charge in [-0.25, -0.2) is 0 Å². The van der Waals surface area contributed by atoms with Crippen LogP contribution in [0.1, 0.15) is 17.3 Å². The fourth-order valence-electron chi connectivity index (χ4n) is 1.88. The molecular formula is C15H14BrNO2. The van der Waals surface area contributed by atoms with Gasteiger partial charge in [0.2, 0.25) is 0 Å². The van der Waals surface area contributed by atoms with Gasteiger partial charge in [-0.15, -0.1) is 0 Å². The van der Waals surface area contributed by atoms with Gasteiger partial charge >= 0.3 is 0 Å². The molecule has 4 heteroatoms. The third-order valence-corrected chi connectivity index (χ3v) is 3.50. The highest BCUT2D eigenvalue weighted by molar-refractivity contribution is 9.10. The van der Waals surface area contributed by atoms with E-state index >= 15 is 0 Å². The summed E-state index contributed by atoms with van der Waals surface area (Å²) in [5, 5.41) is 9.52. The molecule has 19 heavy (non-hydrogen) atoms. The van der Waals surface area contributed by atoms with Crippen molar-refractivity contribution in [2.24, 2.45) is 0 Å². The monoisotopic (exact) mass is 319 g/mol. The van der Waals surface area contributed by atoms with Crippen molar-refractivity contribution in [3.63, 3.8) is 0 Å². The second kappa shape index (κ2) is 5.89. The quantitative estimate of drug-likeness (QED) is 0.934. The van der Waals surface area contributed by atoms with Gasteiger partial charge in [-0.3, -0.25) is 4.79 Å². The van der Waals surface area contributed by atoms with E-state index in [1.54, 1.807) is 35.2 Å². The Hall–Kier alpha value is -1.81. The third-order valence-electron chi connectivity index (χ3n) is 2.81. The molecule has 0 unspecified atom stereocenters. The highest BCUT2D eigenvalue weighted by atomic mass is 79.9. The zero-order valence-electron chi connectivity index (χ0n) is 10.5. The predicted molar refractivity (Wildman–Crippen MR) is 79.6 cm³/mol. The van der Waals surface area contributed by atoms with Crippen LogP contribution in [-0.4, -0.2) is 17.6 Å². The van der Waals surface area contributed by atoms with Gasteiger partial charge in [-0.2, -0.15) is 0 Å². The first-order chi connectivity index (χ1) is 9.13. The molecule has 0 aliphatic heterocycles. The zero-order chi connectivity index (χ0) is 13.8. The van der Waals surface area contributed by atoms with Crippen LogP contribution in [0.3, 0.4) is 0 Å². The van der Waals surface area contributed by atoms with Crippen LogP contribution in [0, 0.1) is 0 Å². The SMILES string of the molecule is CCN(C(=O)c1ccccc1Br)c1cccc(O)c1. The number of carbonyl (C=O) groups is 1. The minimum atomic E-state index is -0.0967. The van der Waals surface area contributed by atoms with Crippen LogP contribution in [0.15, 0.2) is 53.0 Å². The average molecular weight is 320 g/mol. The lowest BCUT2D eigenvalue weighted by molar-refractivity contribution is 0.0987. The highest BCUT2D eigenvalue weighted by Crippen LogP contribution is 2.24. The Morgan fingerprint density at radius 1 is 1.21 bits per heavy atom. The summed E-state index contributed by atoms with van der Waals surface area (Å²) < 4.78 is 0.763. The van der Waals surface area contributed by atoms with Gasteiger partial charge in [0.25, 0.3) is 5.91 Å². The molecule has 0 fully saturated rings. The molecule has 0 saturated carbocycles. The number of aromatic hydroxyl groups is 1. The number of halogens is 1. The lowest BCUT2D eigenvalue weighted by Gasteiger charge is -2.21. The Morgan fingerprint density at radius 2 is 1.95 bits per heavy atom. The van der Waals surface area contributed by atoms with Gasteiger partial charge in [0.1, 0.15) is 5.75 Å². The summed E-state index contributed by atoms with van der Waals surface area (Å²) in [6.07, 6.45) is 0. The number of anilines is 1. The van der Waals surface area contributed by atoms with E-state index < -0.39 is 0 Å². The third kappa shape index (κ3) is 2.96. The van der Waals surface area contributed by atoms with Crippen molar-refractivity contribution in [3.8, 4) is 5.75 Å². The summed E-state index contributed by atoms with van der Waals surface area (Å²) in [6.45, 7) is 2.43. The first-order valence-electron chi connectivity index (χ1n) is 5.99. The molecule has 0 saturated heterocycles. The minimum absolute atomic E-state index is 0.0967. The van der Waals surface area contributed by atoms with E-state index in [0.717, 1.165) is 4.47 Å². The number of rotatable bonds is 3. The van der Waals surface area contributed by atoms with E-state index in [4.69, 9.17) is 0 Å². The van der Waals surface area contributed by atoms with E-state index in [1.165, 1.54) is 0 Å². The van der Waals surface area contributed by atoms with Gasteiger partial charge in [0.15, 0.2) is 0 Å². The molecular weight excluding hydrogens is 306 g/mol. The molecule has 1 N–H and O–H groups in total. The normalized spacial score (nSPS) is 10.2. The summed E-state index contributed by atoms with van der Waals surface area (Å²) in [5.74, 6) is 0.0523. The molecule has 0 aliphatic rings. The molecule has 2 aromatic rings. The molecule has 0 spiro atoms. The fourth-order valence-corrected chi connectivity index (χ4v) is 2.34. The number of phenolic OH excluding ortho intramolecular Hbond substituents is 1. The number of benzene rings is 2. The van der Waals surface area contributed by atoms with Gasteiger partial charge < -0.3 is 10.0 Å². The number of hydrogen-bond donors (Lipinski definition) is 1. The van der Waals surface area contributed by atoms with Crippen LogP contribution in [0.25, 0.3) is 0 Å². The minimum Gasteiger partial charge on any atom is -0.508 e. The van der Waals surface area contributed by atoms with Gasteiger partial charge in [-0.05, 0) is 47.1 Å². The molecule has 0 radical (unpaired) electrons. The van der Waals surface area contributed by atoms with Crippen LogP contribution in [0.5, 0.6) is 5.75 Å². The van der Waals surface area contributed by atoms with Gasteiger partial charge in [-0.1, -0.05) is 18.2 Å². The van der Waals surface area contributed by atoms with Crippen molar-refractivity contribution in [1.82, 2.24) is 0 Å². The van der Waals surface area contributed by atoms with Crippen molar-refractivity contribution in [2.45, 2.75) is 6.92 Å². The Kier molecular flexibility index (Phi) is 4.22. The summed E-state index contributed by atoms with van der Waals surface area (Å²) in [4.78, 5) is 14.1. The standard InChI is InChI=1S/C15H14BrNO2/c1-2-17(11-6-5-7-12(18)10-11)15(19)13-8-3-4-9-14(13)16/h3-10,18H,2H2,1H3. The average Bonchev–Trinajstić information content (AvgIpc) is 2.40. The van der Waals surface area contributed by atoms with Crippen molar-refractivity contribution in [3.05, 3.63) is 58.6 Å². The smallest absolute Gasteiger partial charge is 0.259 e. The number of amides is 1. The van der Waals surface area contributed by atoms with Crippen molar-refractivity contribution in [2.75, 3.05) is 11.4 Å². The largest absolute Gasteiger partial charge is 0.508 e. The molecule has 0 aliphatic carbocycles. The van der Waals surface area contributed by atoms with Gasteiger partial charge in [0.05, 0.1) is 5.56 Å². The van der Waals surface area contributed by atoms with E-state index in [9.17, 15) is 9.90 Å². The van der Waals surface area contributed by atoms with Crippen LogP contribution in [0.2, 0.25) is 0 Å². The second-order valence-electron chi connectivity index (χ2n) is 4.05. The molecule has 98 valence electrons. The van der Waals surface area contributed by atoms with Crippen molar-refractivity contribution in [1.29, 1.82) is 0 Å². The summed E-state index contributed by atoms with van der Waals surface area (Å²) in [6, 6.07) is 14.0.